The van der Waals surface area contributed by atoms with Crippen molar-refractivity contribution in [2.45, 2.75) is 13.0 Å². The molecule has 0 saturated carbocycles. The lowest BCUT2D eigenvalue weighted by Crippen LogP contribution is -2.27. The monoisotopic (exact) mass is 307 g/mol. The second-order valence-corrected chi connectivity index (χ2v) is 5.04. The van der Waals surface area contributed by atoms with E-state index in [0.717, 1.165) is 10.0 Å². The molecule has 0 saturated heterocycles. The van der Waals surface area contributed by atoms with Crippen molar-refractivity contribution in [1.82, 2.24) is 15.1 Å². The zero-order chi connectivity index (χ0) is 13.1. The smallest absolute Gasteiger partial charge is 0.272 e. The lowest BCUT2D eigenvalue weighted by Gasteiger charge is -2.13. The third kappa shape index (κ3) is 2.98. The number of hydrogen-bond acceptors (Lipinski definition) is 2. The predicted octanol–water partition coefficient (Wildman–Crippen LogP) is 2.67. The van der Waals surface area contributed by atoms with E-state index in [9.17, 15) is 4.79 Å². The fourth-order valence-corrected chi connectivity index (χ4v) is 1.91. The van der Waals surface area contributed by atoms with Crippen molar-refractivity contribution < 1.29 is 4.79 Å². The summed E-state index contributed by atoms with van der Waals surface area (Å²) >= 11 is 3.38. The fraction of sp³-hybridized carbons (Fsp3) is 0.231. The first kappa shape index (κ1) is 12.8. The van der Waals surface area contributed by atoms with Gasteiger partial charge in [-0.25, -0.2) is 0 Å². The highest BCUT2D eigenvalue weighted by Gasteiger charge is 2.13. The van der Waals surface area contributed by atoms with Gasteiger partial charge in [-0.1, -0.05) is 28.1 Å². The standard InChI is InChI=1S/C13H14BrN3O/c1-9(10-3-5-11(14)6-4-10)15-13(18)12-7-8-17(2)16-12/h3-9H,1-2H3,(H,15,18)/t9-/m0/s1. The number of amides is 1. The molecule has 0 radical (unpaired) electrons. The number of benzene rings is 1. The summed E-state index contributed by atoms with van der Waals surface area (Å²) in [5.74, 6) is -0.161. The maximum atomic E-state index is 11.9. The minimum Gasteiger partial charge on any atom is -0.344 e. The molecule has 1 N–H and O–H groups in total. The van der Waals surface area contributed by atoms with Crippen LogP contribution in [0.2, 0.25) is 0 Å². The van der Waals surface area contributed by atoms with E-state index >= 15 is 0 Å². The summed E-state index contributed by atoms with van der Waals surface area (Å²) in [5, 5.41) is 6.98. The van der Waals surface area contributed by atoms with Crippen LogP contribution >= 0.6 is 15.9 Å². The van der Waals surface area contributed by atoms with Gasteiger partial charge >= 0.3 is 0 Å². The summed E-state index contributed by atoms with van der Waals surface area (Å²) < 4.78 is 2.63. The first-order chi connectivity index (χ1) is 8.56. The van der Waals surface area contributed by atoms with Gasteiger partial charge < -0.3 is 5.32 Å². The Bertz CT molecular complexity index is 548. The second-order valence-electron chi connectivity index (χ2n) is 4.12. The average molecular weight is 308 g/mol. The summed E-state index contributed by atoms with van der Waals surface area (Å²) in [6, 6.07) is 9.52. The van der Waals surface area contributed by atoms with Crippen molar-refractivity contribution >= 4 is 21.8 Å². The van der Waals surface area contributed by atoms with Gasteiger partial charge in [-0.3, -0.25) is 9.48 Å². The molecular weight excluding hydrogens is 294 g/mol. The minimum atomic E-state index is -0.161. The highest BCUT2D eigenvalue weighted by Crippen LogP contribution is 2.16. The third-order valence-electron chi connectivity index (χ3n) is 2.66. The Morgan fingerprint density at radius 3 is 2.56 bits per heavy atom. The minimum absolute atomic E-state index is 0.0485. The van der Waals surface area contributed by atoms with Crippen LogP contribution in [-0.4, -0.2) is 15.7 Å². The van der Waals surface area contributed by atoms with Crippen molar-refractivity contribution in [3.8, 4) is 0 Å². The molecule has 2 rings (SSSR count). The normalized spacial score (nSPS) is 12.2. The molecule has 0 unspecified atom stereocenters. The van der Waals surface area contributed by atoms with Gasteiger partial charge in [0.25, 0.3) is 5.91 Å². The number of nitrogens with one attached hydrogen (secondary N) is 1. The van der Waals surface area contributed by atoms with Crippen molar-refractivity contribution in [2.24, 2.45) is 7.05 Å². The van der Waals surface area contributed by atoms with E-state index in [4.69, 9.17) is 0 Å². The summed E-state index contributed by atoms with van der Waals surface area (Å²) in [6.07, 6.45) is 1.75. The Morgan fingerprint density at radius 1 is 1.33 bits per heavy atom. The summed E-state index contributed by atoms with van der Waals surface area (Å²) in [7, 11) is 1.79. The number of aryl methyl sites for hydroxylation is 1. The molecule has 18 heavy (non-hydrogen) atoms. The maximum Gasteiger partial charge on any atom is 0.272 e. The van der Waals surface area contributed by atoms with E-state index in [1.54, 1.807) is 24.0 Å². The Kier molecular flexibility index (Phi) is 3.81. The summed E-state index contributed by atoms with van der Waals surface area (Å²) in [6.45, 7) is 1.95. The van der Waals surface area contributed by atoms with E-state index in [2.05, 4.69) is 26.3 Å². The molecule has 0 spiro atoms. The first-order valence-electron chi connectivity index (χ1n) is 5.62. The third-order valence-corrected chi connectivity index (χ3v) is 3.19. The molecule has 0 fully saturated rings. The number of carbonyl (C=O) groups excluding carboxylic acids is 1. The molecule has 1 amide bonds. The number of hydrogen-bond donors (Lipinski definition) is 1. The van der Waals surface area contributed by atoms with Gasteiger partial charge in [0.2, 0.25) is 0 Å². The van der Waals surface area contributed by atoms with Crippen LogP contribution in [0.5, 0.6) is 0 Å². The van der Waals surface area contributed by atoms with Crippen molar-refractivity contribution in [2.75, 3.05) is 0 Å². The summed E-state index contributed by atoms with van der Waals surface area (Å²) in [5.41, 5.74) is 1.49. The molecule has 0 bridgehead atoms. The average Bonchev–Trinajstić information content (AvgIpc) is 2.76. The molecule has 0 aliphatic heterocycles. The van der Waals surface area contributed by atoms with Crippen LogP contribution in [0.3, 0.4) is 0 Å². The molecule has 1 atom stereocenters. The molecular formula is C13H14BrN3O. The zero-order valence-corrected chi connectivity index (χ0v) is 11.8. The van der Waals surface area contributed by atoms with E-state index in [1.165, 1.54) is 0 Å². The molecule has 1 aromatic heterocycles. The van der Waals surface area contributed by atoms with Crippen LogP contribution in [0.1, 0.15) is 29.0 Å². The van der Waals surface area contributed by atoms with Gasteiger partial charge in [0, 0.05) is 17.7 Å². The number of rotatable bonds is 3. The van der Waals surface area contributed by atoms with Gasteiger partial charge in [0.15, 0.2) is 0 Å². The van der Waals surface area contributed by atoms with E-state index in [1.807, 2.05) is 31.2 Å². The highest BCUT2D eigenvalue weighted by molar-refractivity contribution is 9.10. The van der Waals surface area contributed by atoms with Crippen LogP contribution in [0.4, 0.5) is 0 Å². The molecule has 1 aromatic carbocycles. The highest BCUT2D eigenvalue weighted by atomic mass is 79.9. The van der Waals surface area contributed by atoms with Crippen LogP contribution in [0.15, 0.2) is 41.0 Å². The molecule has 1 heterocycles. The second kappa shape index (κ2) is 5.35. The van der Waals surface area contributed by atoms with E-state index in [0.29, 0.717) is 5.69 Å². The quantitative estimate of drug-likeness (QED) is 0.947. The van der Waals surface area contributed by atoms with Crippen LogP contribution < -0.4 is 5.32 Å². The first-order valence-corrected chi connectivity index (χ1v) is 6.41. The molecule has 0 aliphatic carbocycles. The van der Waals surface area contributed by atoms with Crippen LogP contribution in [-0.2, 0) is 7.05 Å². The fourth-order valence-electron chi connectivity index (χ4n) is 1.64. The molecule has 94 valence electrons. The van der Waals surface area contributed by atoms with Gasteiger partial charge in [0.1, 0.15) is 5.69 Å². The van der Waals surface area contributed by atoms with Crippen molar-refractivity contribution in [3.63, 3.8) is 0 Å². The van der Waals surface area contributed by atoms with Crippen LogP contribution in [0.25, 0.3) is 0 Å². The van der Waals surface area contributed by atoms with Crippen LogP contribution in [0, 0.1) is 0 Å². The molecule has 5 heteroatoms. The largest absolute Gasteiger partial charge is 0.344 e. The SMILES string of the molecule is C[C@H](NC(=O)c1ccn(C)n1)c1ccc(Br)cc1. The number of nitrogens with zero attached hydrogens (tertiary/aromatic N) is 2. The van der Waals surface area contributed by atoms with E-state index < -0.39 is 0 Å². The summed E-state index contributed by atoms with van der Waals surface area (Å²) in [4.78, 5) is 11.9. The topological polar surface area (TPSA) is 46.9 Å². The van der Waals surface area contributed by atoms with Gasteiger partial charge in [-0.05, 0) is 30.7 Å². The van der Waals surface area contributed by atoms with E-state index in [-0.39, 0.29) is 11.9 Å². The van der Waals surface area contributed by atoms with Crippen molar-refractivity contribution in [1.29, 1.82) is 0 Å². The predicted molar refractivity (Wildman–Crippen MR) is 73.2 cm³/mol. The molecule has 2 aromatic rings. The zero-order valence-electron chi connectivity index (χ0n) is 10.2. The van der Waals surface area contributed by atoms with Gasteiger partial charge in [-0.15, -0.1) is 0 Å². The Labute approximate surface area is 114 Å². The maximum absolute atomic E-state index is 11.9. The van der Waals surface area contributed by atoms with Crippen molar-refractivity contribution in [3.05, 3.63) is 52.3 Å². The van der Waals surface area contributed by atoms with Gasteiger partial charge in [-0.2, -0.15) is 5.10 Å². The number of carbonyl (C=O) groups is 1. The Balaban J connectivity index is 2.05. The Hall–Kier alpha value is -1.62. The molecule has 4 nitrogen and oxygen atoms in total. The lowest BCUT2D eigenvalue weighted by molar-refractivity contribution is 0.0934. The number of halogens is 1. The lowest BCUT2D eigenvalue weighted by atomic mass is 10.1. The molecule has 0 aliphatic rings. The van der Waals surface area contributed by atoms with Gasteiger partial charge in [0.05, 0.1) is 6.04 Å². The Morgan fingerprint density at radius 2 is 2.00 bits per heavy atom. The number of aromatic nitrogens is 2.